The molecule has 0 fully saturated rings. The van der Waals surface area contributed by atoms with Gasteiger partial charge in [0.25, 0.3) is 11.6 Å². The van der Waals surface area contributed by atoms with Crippen molar-refractivity contribution in [2.45, 2.75) is 6.42 Å². The van der Waals surface area contributed by atoms with E-state index in [4.69, 9.17) is 0 Å². The predicted octanol–water partition coefficient (Wildman–Crippen LogP) is 1.99. The van der Waals surface area contributed by atoms with Crippen LogP contribution in [0.15, 0.2) is 48.5 Å². The normalized spacial score (nSPS) is 10.3. The van der Waals surface area contributed by atoms with Crippen molar-refractivity contribution in [2.24, 2.45) is 0 Å². The van der Waals surface area contributed by atoms with E-state index < -0.39 is 34.8 Å². The lowest BCUT2D eigenvalue weighted by Gasteiger charge is -2.07. The zero-order valence-corrected chi connectivity index (χ0v) is 15.0. The van der Waals surface area contributed by atoms with Crippen LogP contribution in [-0.2, 0) is 9.59 Å². The summed E-state index contributed by atoms with van der Waals surface area (Å²) in [7, 11) is 0. The number of nitrogens with one attached hydrogen (secondary N) is 3. The highest BCUT2D eigenvalue weighted by atomic mass is 32.1. The van der Waals surface area contributed by atoms with Crippen molar-refractivity contribution in [2.75, 3.05) is 5.32 Å². The monoisotopic (exact) mass is 399 g/mol. The minimum absolute atomic E-state index is 0.216. The summed E-state index contributed by atoms with van der Waals surface area (Å²) < 4.78 is 0.888. The Labute approximate surface area is 161 Å². The van der Waals surface area contributed by atoms with Crippen molar-refractivity contribution in [1.82, 2.24) is 15.8 Å². The average molecular weight is 399 g/mol. The van der Waals surface area contributed by atoms with Gasteiger partial charge < -0.3 is 5.32 Å². The van der Waals surface area contributed by atoms with Crippen LogP contribution in [-0.4, -0.2) is 27.6 Å². The predicted molar refractivity (Wildman–Crippen MR) is 102 cm³/mol. The molecular formula is C17H13N5O5S. The van der Waals surface area contributed by atoms with E-state index in [0.29, 0.717) is 5.13 Å². The van der Waals surface area contributed by atoms with Gasteiger partial charge in [-0.15, -0.1) is 0 Å². The first-order chi connectivity index (χ1) is 13.4. The third-order valence-electron chi connectivity index (χ3n) is 3.52. The van der Waals surface area contributed by atoms with E-state index in [1.54, 1.807) is 6.07 Å². The summed E-state index contributed by atoms with van der Waals surface area (Å²) in [5.41, 5.74) is 4.21. The maximum atomic E-state index is 12.0. The van der Waals surface area contributed by atoms with Gasteiger partial charge in [0.1, 0.15) is 12.0 Å². The molecule has 142 valence electrons. The molecule has 0 atom stereocenters. The zero-order valence-electron chi connectivity index (χ0n) is 14.2. The number of carbonyl (C=O) groups excluding carboxylic acids is 3. The first-order valence-corrected chi connectivity index (χ1v) is 8.73. The molecule has 0 saturated heterocycles. The molecule has 0 aliphatic carbocycles. The largest absolute Gasteiger partial charge is 0.301 e. The number of hydrogen-bond donors (Lipinski definition) is 3. The Morgan fingerprint density at radius 3 is 2.46 bits per heavy atom. The Morgan fingerprint density at radius 2 is 1.71 bits per heavy atom. The number of amides is 3. The van der Waals surface area contributed by atoms with Crippen LogP contribution in [0.1, 0.15) is 16.8 Å². The third kappa shape index (κ3) is 4.45. The van der Waals surface area contributed by atoms with Gasteiger partial charge in [0.15, 0.2) is 5.13 Å². The first kappa shape index (κ1) is 18.9. The molecule has 0 radical (unpaired) electrons. The molecule has 0 aliphatic rings. The maximum Gasteiger partial charge on any atom is 0.282 e. The van der Waals surface area contributed by atoms with E-state index in [-0.39, 0.29) is 5.56 Å². The molecule has 1 heterocycles. The molecule has 3 aromatic rings. The van der Waals surface area contributed by atoms with E-state index in [1.165, 1.54) is 35.6 Å². The summed E-state index contributed by atoms with van der Waals surface area (Å²) in [5.74, 6) is -2.27. The van der Waals surface area contributed by atoms with Crippen molar-refractivity contribution in [3.05, 3.63) is 64.2 Å². The van der Waals surface area contributed by atoms with Gasteiger partial charge in [-0.05, 0) is 18.2 Å². The van der Waals surface area contributed by atoms with Gasteiger partial charge in [-0.25, -0.2) is 4.98 Å². The number of benzene rings is 2. The Morgan fingerprint density at radius 1 is 1.00 bits per heavy atom. The van der Waals surface area contributed by atoms with Gasteiger partial charge in [0.2, 0.25) is 11.8 Å². The number of nitro benzene ring substituents is 1. The van der Waals surface area contributed by atoms with Gasteiger partial charge in [0.05, 0.1) is 15.1 Å². The number of nitro groups is 1. The van der Waals surface area contributed by atoms with Gasteiger partial charge in [-0.3, -0.25) is 35.3 Å². The van der Waals surface area contributed by atoms with Crippen molar-refractivity contribution in [3.63, 3.8) is 0 Å². The summed E-state index contributed by atoms with van der Waals surface area (Å²) in [4.78, 5) is 50.2. The average Bonchev–Trinajstić information content (AvgIpc) is 3.08. The van der Waals surface area contributed by atoms with Crippen LogP contribution < -0.4 is 16.2 Å². The van der Waals surface area contributed by atoms with Crippen molar-refractivity contribution in [3.8, 4) is 0 Å². The smallest absolute Gasteiger partial charge is 0.282 e. The SMILES string of the molecule is O=C(CC(=O)Nc1nc2ccccc2s1)NNC(=O)c1ccccc1[N+](=O)[O-]. The van der Waals surface area contributed by atoms with Crippen LogP contribution in [0.5, 0.6) is 0 Å². The number of nitrogens with zero attached hydrogens (tertiary/aromatic N) is 2. The Balaban J connectivity index is 1.53. The summed E-state index contributed by atoms with van der Waals surface area (Å²) in [5, 5.41) is 13.8. The number of fused-ring (bicyclic) bond motifs is 1. The fourth-order valence-corrected chi connectivity index (χ4v) is 3.18. The number of hydrogen-bond acceptors (Lipinski definition) is 7. The lowest BCUT2D eigenvalue weighted by atomic mass is 10.2. The van der Waals surface area contributed by atoms with Crippen molar-refractivity contribution < 1.29 is 19.3 Å². The van der Waals surface area contributed by atoms with Crippen LogP contribution >= 0.6 is 11.3 Å². The highest BCUT2D eigenvalue weighted by Gasteiger charge is 2.20. The minimum atomic E-state index is -0.868. The molecule has 3 N–H and O–H groups in total. The summed E-state index contributed by atoms with van der Waals surface area (Å²) >= 11 is 1.26. The van der Waals surface area contributed by atoms with E-state index in [1.807, 2.05) is 23.6 Å². The molecule has 0 saturated carbocycles. The second-order valence-electron chi connectivity index (χ2n) is 5.49. The minimum Gasteiger partial charge on any atom is -0.301 e. The molecule has 28 heavy (non-hydrogen) atoms. The van der Waals surface area contributed by atoms with Gasteiger partial charge in [-0.1, -0.05) is 35.6 Å². The fourth-order valence-electron chi connectivity index (χ4n) is 2.30. The first-order valence-electron chi connectivity index (χ1n) is 7.92. The molecule has 0 aliphatic heterocycles. The molecule has 1 aromatic heterocycles. The molecule has 0 bridgehead atoms. The summed E-state index contributed by atoms with van der Waals surface area (Å²) in [6.45, 7) is 0. The van der Waals surface area contributed by atoms with Gasteiger partial charge in [0, 0.05) is 6.07 Å². The zero-order chi connectivity index (χ0) is 20.1. The molecule has 3 amide bonds. The van der Waals surface area contributed by atoms with Crippen LogP contribution in [0.3, 0.4) is 0 Å². The number of carbonyl (C=O) groups is 3. The second kappa shape index (κ2) is 8.22. The molecule has 11 heteroatoms. The molecule has 10 nitrogen and oxygen atoms in total. The van der Waals surface area contributed by atoms with Crippen LogP contribution in [0, 0.1) is 10.1 Å². The molecule has 3 rings (SSSR count). The number of rotatable bonds is 5. The van der Waals surface area contributed by atoms with Gasteiger partial charge in [-0.2, -0.15) is 0 Å². The quantitative estimate of drug-likeness (QED) is 0.340. The van der Waals surface area contributed by atoms with E-state index >= 15 is 0 Å². The molecule has 0 unspecified atom stereocenters. The Kier molecular flexibility index (Phi) is 5.56. The number of aromatic nitrogens is 1. The topological polar surface area (TPSA) is 143 Å². The standard InChI is InChI=1S/C17H13N5O5S/c23-14(19-17-18-11-6-2-4-8-13(11)28-17)9-15(24)20-21-16(25)10-5-1-3-7-12(10)22(26)27/h1-8H,9H2,(H,20,24)(H,21,25)(H,18,19,23). The molecule has 0 spiro atoms. The lowest BCUT2D eigenvalue weighted by Crippen LogP contribution is -2.43. The Hall–Kier alpha value is -3.86. The lowest BCUT2D eigenvalue weighted by molar-refractivity contribution is -0.385. The number of hydrazine groups is 1. The van der Waals surface area contributed by atoms with Crippen LogP contribution in [0.4, 0.5) is 10.8 Å². The maximum absolute atomic E-state index is 12.0. The number of anilines is 1. The van der Waals surface area contributed by atoms with E-state index in [9.17, 15) is 24.5 Å². The van der Waals surface area contributed by atoms with Gasteiger partial charge >= 0.3 is 0 Å². The number of para-hydroxylation sites is 2. The molecular weight excluding hydrogens is 386 g/mol. The highest BCUT2D eigenvalue weighted by molar-refractivity contribution is 7.22. The van der Waals surface area contributed by atoms with E-state index in [0.717, 1.165) is 10.2 Å². The second-order valence-corrected chi connectivity index (χ2v) is 6.52. The summed E-state index contributed by atoms with van der Waals surface area (Å²) in [6, 6.07) is 12.6. The van der Waals surface area contributed by atoms with Crippen LogP contribution in [0.2, 0.25) is 0 Å². The van der Waals surface area contributed by atoms with Crippen LogP contribution in [0.25, 0.3) is 10.2 Å². The van der Waals surface area contributed by atoms with Crippen molar-refractivity contribution >= 4 is 50.1 Å². The number of thiazole rings is 1. The van der Waals surface area contributed by atoms with Crippen molar-refractivity contribution in [1.29, 1.82) is 0 Å². The summed E-state index contributed by atoms with van der Waals surface area (Å²) in [6.07, 6.45) is -0.562. The highest BCUT2D eigenvalue weighted by Crippen LogP contribution is 2.25. The fraction of sp³-hybridized carbons (Fsp3) is 0.0588. The Bertz CT molecular complexity index is 1050. The molecule has 2 aromatic carbocycles. The van der Waals surface area contributed by atoms with E-state index in [2.05, 4.69) is 15.7 Å². The third-order valence-corrected chi connectivity index (χ3v) is 4.47.